The van der Waals surface area contributed by atoms with E-state index in [-0.39, 0.29) is 11.1 Å². The Bertz CT molecular complexity index is 641. The predicted octanol–water partition coefficient (Wildman–Crippen LogP) is 2.92. The van der Waals surface area contributed by atoms with Crippen LogP contribution in [0, 0.1) is 0 Å². The number of pyridine rings is 1. The van der Waals surface area contributed by atoms with Gasteiger partial charge in [0.15, 0.2) is 5.96 Å². The van der Waals surface area contributed by atoms with Gasteiger partial charge < -0.3 is 20.3 Å². The number of halogens is 4. The second-order valence-corrected chi connectivity index (χ2v) is 6.62. The average Bonchev–Trinajstić information content (AvgIpc) is 3.06. The van der Waals surface area contributed by atoms with E-state index >= 15 is 0 Å². The van der Waals surface area contributed by atoms with Crippen molar-refractivity contribution >= 4 is 23.4 Å². The highest BCUT2D eigenvalue weighted by Crippen LogP contribution is 2.34. The first-order valence-corrected chi connectivity index (χ1v) is 9.24. The van der Waals surface area contributed by atoms with Crippen molar-refractivity contribution in [2.75, 3.05) is 44.8 Å². The Hall–Kier alpha value is -1.74. The number of aromatic nitrogens is 1. The summed E-state index contributed by atoms with van der Waals surface area (Å²) in [7, 11) is 1.65. The van der Waals surface area contributed by atoms with Crippen LogP contribution in [0.4, 0.5) is 19.0 Å². The minimum absolute atomic E-state index is 0.00520. The lowest BCUT2D eigenvalue weighted by Crippen LogP contribution is -2.44. The summed E-state index contributed by atoms with van der Waals surface area (Å²) >= 11 is 6.04. The van der Waals surface area contributed by atoms with E-state index in [9.17, 15) is 13.2 Å². The number of nitrogens with zero attached hydrogens (tertiary/aromatic N) is 3. The smallest absolute Gasteiger partial charge is 0.385 e. The van der Waals surface area contributed by atoms with E-state index in [2.05, 4.69) is 20.6 Å². The highest BCUT2D eigenvalue weighted by Gasteiger charge is 2.33. The highest BCUT2D eigenvalue weighted by molar-refractivity contribution is 6.33. The summed E-state index contributed by atoms with van der Waals surface area (Å²) in [5.74, 6) is 1.09. The van der Waals surface area contributed by atoms with Gasteiger partial charge in [0.05, 0.1) is 10.6 Å². The maximum atomic E-state index is 12.8. The van der Waals surface area contributed by atoms with Crippen LogP contribution in [0.25, 0.3) is 0 Å². The summed E-state index contributed by atoms with van der Waals surface area (Å²) in [6.45, 7) is 5.25. The molecule has 6 nitrogen and oxygen atoms in total. The highest BCUT2D eigenvalue weighted by atomic mass is 35.5. The van der Waals surface area contributed by atoms with Gasteiger partial charge in [0.2, 0.25) is 0 Å². The number of hydrogen-bond acceptors (Lipinski definition) is 4. The maximum Gasteiger partial charge on any atom is 0.417 e. The molecular formula is C17H25ClF3N5O. The first kappa shape index (κ1) is 21.6. The second-order valence-electron chi connectivity index (χ2n) is 6.21. The van der Waals surface area contributed by atoms with E-state index in [1.54, 1.807) is 7.11 Å². The molecule has 1 fully saturated rings. The maximum absolute atomic E-state index is 12.8. The molecule has 27 heavy (non-hydrogen) atoms. The van der Waals surface area contributed by atoms with Crippen molar-refractivity contribution in [1.82, 2.24) is 15.6 Å². The van der Waals surface area contributed by atoms with Crippen LogP contribution in [0.2, 0.25) is 5.02 Å². The fourth-order valence-corrected chi connectivity index (χ4v) is 3.09. The molecule has 2 rings (SSSR count). The van der Waals surface area contributed by atoms with Gasteiger partial charge in [-0.05, 0) is 25.8 Å². The van der Waals surface area contributed by atoms with Crippen molar-refractivity contribution < 1.29 is 17.9 Å². The van der Waals surface area contributed by atoms with Gasteiger partial charge >= 0.3 is 6.18 Å². The lowest BCUT2D eigenvalue weighted by Gasteiger charge is -2.21. The Kier molecular flexibility index (Phi) is 7.97. The standard InChI is InChI=1S/C17H25ClF3N5O/c1-3-22-16(23-6-4-8-27-2)25-13-5-7-26(11-13)15-14(18)9-12(10-24-15)17(19,20)21/h9-10,13H,3-8,11H2,1-2H3,(H2,22,23,25). The zero-order valence-corrected chi connectivity index (χ0v) is 16.2. The monoisotopic (exact) mass is 407 g/mol. The van der Waals surface area contributed by atoms with Crippen molar-refractivity contribution in [3.63, 3.8) is 0 Å². The molecule has 1 aromatic heterocycles. The van der Waals surface area contributed by atoms with Gasteiger partial charge in [-0.3, -0.25) is 4.99 Å². The number of hydrogen-bond donors (Lipinski definition) is 2. The molecular weight excluding hydrogens is 383 g/mol. The van der Waals surface area contributed by atoms with Crippen LogP contribution in [-0.4, -0.2) is 56.9 Å². The van der Waals surface area contributed by atoms with Crippen LogP contribution < -0.4 is 15.5 Å². The fourth-order valence-electron chi connectivity index (χ4n) is 2.80. The topological polar surface area (TPSA) is 61.8 Å². The van der Waals surface area contributed by atoms with Crippen LogP contribution in [-0.2, 0) is 10.9 Å². The number of guanidine groups is 1. The normalized spacial score (nSPS) is 18.1. The Morgan fingerprint density at radius 2 is 2.26 bits per heavy atom. The summed E-state index contributed by atoms with van der Waals surface area (Å²) in [6.07, 6.45) is -2.00. The van der Waals surface area contributed by atoms with Crippen LogP contribution in [0.1, 0.15) is 25.3 Å². The van der Waals surface area contributed by atoms with Crippen molar-refractivity contribution in [3.05, 3.63) is 22.8 Å². The van der Waals surface area contributed by atoms with Crippen molar-refractivity contribution in [3.8, 4) is 0 Å². The first-order valence-electron chi connectivity index (χ1n) is 8.86. The van der Waals surface area contributed by atoms with Gasteiger partial charge in [-0.25, -0.2) is 4.98 Å². The summed E-state index contributed by atoms with van der Waals surface area (Å²) < 4.78 is 43.3. The summed E-state index contributed by atoms with van der Waals surface area (Å²) in [5.41, 5.74) is -0.845. The van der Waals surface area contributed by atoms with Crippen LogP contribution in [0.3, 0.4) is 0 Å². The van der Waals surface area contributed by atoms with E-state index in [1.807, 2.05) is 11.8 Å². The molecule has 1 saturated heterocycles. The van der Waals surface area contributed by atoms with Crippen molar-refractivity contribution in [2.24, 2.45) is 4.99 Å². The Morgan fingerprint density at radius 1 is 1.48 bits per heavy atom. The van der Waals surface area contributed by atoms with Gasteiger partial charge in [-0.1, -0.05) is 11.6 Å². The summed E-state index contributed by atoms with van der Waals surface area (Å²) in [4.78, 5) is 10.3. The molecule has 0 radical (unpaired) electrons. The summed E-state index contributed by atoms with van der Waals surface area (Å²) in [5, 5.41) is 6.55. The number of nitrogens with one attached hydrogen (secondary N) is 2. The van der Waals surface area contributed by atoms with Gasteiger partial charge in [0.1, 0.15) is 5.82 Å². The Labute approximate surface area is 162 Å². The van der Waals surface area contributed by atoms with Crippen molar-refractivity contribution in [2.45, 2.75) is 32.0 Å². The van der Waals surface area contributed by atoms with Gasteiger partial charge in [0.25, 0.3) is 0 Å². The molecule has 0 saturated carbocycles. The van der Waals surface area contributed by atoms with Crippen LogP contribution in [0.15, 0.2) is 17.3 Å². The minimum atomic E-state index is -4.45. The zero-order valence-electron chi connectivity index (χ0n) is 15.4. The lowest BCUT2D eigenvalue weighted by molar-refractivity contribution is -0.137. The molecule has 0 amide bonds. The number of rotatable bonds is 7. The molecule has 10 heteroatoms. The third-order valence-electron chi connectivity index (χ3n) is 4.10. The second kappa shape index (κ2) is 9.98. The molecule has 152 valence electrons. The molecule has 1 aromatic rings. The summed E-state index contributed by atoms with van der Waals surface area (Å²) in [6, 6.07) is 1.02. The molecule has 0 spiro atoms. The third kappa shape index (κ3) is 6.42. The van der Waals surface area contributed by atoms with E-state index < -0.39 is 11.7 Å². The van der Waals surface area contributed by atoms with E-state index in [4.69, 9.17) is 16.3 Å². The SMILES string of the molecule is CCNC(=NCCCOC)NC1CCN(c2ncc(C(F)(F)F)cc2Cl)C1. The molecule has 0 bridgehead atoms. The fraction of sp³-hybridized carbons (Fsp3) is 0.647. The van der Waals surface area contributed by atoms with E-state index in [0.29, 0.717) is 38.0 Å². The molecule has 1 unspecified atom stereocenters. The largest absolute Gasteiger partial charge is 0.417 e. The van der Waals surface area contributed by atoms with Gasteiger partial charge in [-0.2, -0.15) is 13.2 Å². The molecule has 0 aromatic carbocycles. The van der Waals surface area contributed by atoms with Crippen LogP contribution in [0.5, 0.6) is 0 Å². The average molecular weight is 408 g/mol. The molecule has 2 N–H and O–H groups in total. The van der Waals surface area contributed by atoms with Gasteiger partial charge in [-0.15, -0.1) is 0 Å². The quantitative estimate of drug-likeness (QED) is 0.413. The number of ether oxygens (including phenoxy) is 1. The number of methoxy groups -OCH3 is 1. The minimum Gasteiger partial charge on any atom is -0.385 e. The Balaban J connectivity index is 1.97. The molecule has 1 aliphatic rings. The molecule has 2 heterocycles. The van der Waals surface area contributed by atoms with E-state index in [0.717, 1.165) is 31.6 Å². The van der Waals surface area contributed by atoms with E-state index in [1.165, 1.54) is 0 Å². The van der Waals surface area contributed by atoms with Crippen LogP contribution >= 0.6 is 11.6 Å². The van der Waals surface area contributed by atoms with Crippen molar-refractivity contribution in [1.29, 1.82) is 0 Å². The van der Waals surface area contributed by atoms with Gasteiger partial charge in [0, 0.05) is 52.1 Å². The Morgan fingerprint density at radius 3 is 2.89 bits per heavy atom. The predicted molar refractivity (Wildman–Crippen MR) is 100 cm³/mol. The molecule has 1 atom stereocenters. The first-order chi connectivity index (χ1) is 12.8. The zero-order chi connectivity index (χ0) is 19.9. The lowest BCUT2D eigenvalue weighted by atomic mass is 10.2. The third-order valence-corrected chi connectivity index (χ3v) is 4.38. The molecule has 0 aliphatic carbocycles. The number of aliphatic imine (C=N–C) groups is 1. The number of anilines is 1. The molecule has 1 aliphatic heterocycles. The number of alkyl halides is 3.